The Morgan fingerprint density at radius 3 is 2.24 bits per heavy atom. The Morgan fingerprint density at radius 1 is 0.788 bits per heavy atom. The van der Waals surface area contributed by atoms with Crippen LogP contribution < -0.4 is 4.74 Å². The summed E-state index contributed by atoms with van der Waals surface area (Å²) >= 11 is 0. The molecule has 6 nitrogen and oxygen atoms in total. The van der Waals surface area contributed by atoms with Crippen molar-refractivity contribution in [1.29, 1.82) is 0 Å². The van der Waals surface area contributed by atoms with Crippen molar-refractivity contribution in [2.24, 2.45) is 0 Å². The fourth-order valence-electron chi connectivity index (χ4n) is 4.15. The molecule has 0 aliphatic carbocycles. The van der Waals surface area contributed by atoms with Crippen LogP contribution in [0.3, 0.4) is 0 Å². The molecule has 0 bridgehead atoms. The maximum absolute atomic E-state index is 6.23. The van der Waals surface area contributed by atoms with Crippen LogP contribution in [0.25, 0.3) is 28.2 Å². The van der Waals surface area contributed by atoms with Crippen LogP contribution in [-0.2, 0) is 4.74 Å². The first-order valence-electron chi connectivity index (χ1n) is 11.4. The molecule has 0 amide bonds. The Balaban J connectivity index is 1.39. The van der Waals surface area contributed by atoms with Crippen molar-refractivity contribution in [3.8, 4) is 34.0 Å². The molecular weight excluding hydrogens is 412 g/mol. The van der Waals surface area contributed by atoms with Gasteiger partial charge in [0.1, 0.15) is 18.2 Å². The lowest BCUT2D eigenvalue weighted by atomic mass is 10.0. The molecule has 5 rings (SSSR count). The fourth-order valence-corrected chi connectivity index (χ4v) is 4.15. The number of rotatable bonds is 7. The van der Waals surface area contributed by atoms with Gasteiger partial charge in [0.2, 0.25) is 0 Å². The summed E-state index contributed by atoms with van der Waals surface area (Å²) in [5.74, 6) is 2.45. The van der Waals surface area contributed by atoms with E-state index in [0.29, 0.717) is 6.61 Å². The molecule has 1 aliphatic heterocycles. The molecule has 0 radical (unpaired) electrons. The maximum atomic E-state index is 6.23. The van der Waals surface area contributed by atoms with Gasteiger partial charge in [0.15, 0.2) is 5.82 Å². The molecule has 3 aromatic carbocycles. The lowest BCUT2D eigenvalue weighted by Crippen LogP contribution is -2.38. The summed E-state index contributed by atoms with van der Waals surface area (Å²) in [5, 5.41) is 8.87. The van der Waals surface area contributed by atoms with Crippen molar-refractivity contribution < 1.29 is 9.47 Å². The monoisotopic (exact) mass is 440 g/mol. The Labute approximate surface area is 194 Å². The van der Waals surface area contributed by atoms with Crippen LogP contribution in [-0.4, -0.2) is 59.1 Å². The van der Waals surface area contributed by atoms with Gasteiger partial charge >= 0.3 is 0 Å². The number of nitrogens with zero attached hydrogens (tertiary/aromatic N) is 4. The van der Waals surface area contributed by atoms with Gasteiger partial charge in [-0.05, 0) is 30.2 Å². The van der Waals surface area contributed by atoms with Gasteiger partial charge in [0.25, 0.3) is 0 Å². The summed E-state index contributed by atoms with van der Waals surface area (Å²) in [6, 6.07) is 26.9. The van der Waals surface area contributed by atoms with E-state index in [1.807, 2.05) is 31.2 Å². The number of para-hydroxylation sites is 2. The quantitative estimate of drug-likeness (QED) is 0.420. The van der Waals surface area contributed by atoms with E-state index in [4.69, 9.17) is 9.47 Å². The number of hydrogen-bond donors (Lipinski definition) is 0. The first kappa shape index (κ1) is 21.4. The molecule has 1 aromatic heterocycles. The van der Waals surface area contributed by atoms with Gasteiger partial charge in [-0.25, -0.2) is 0 Å². The van der Waals surface area contributed by atoms with Gasteiger partial charge in [-0.1, -0.05) is 66.7 Å². The van der Waals surface area contributed by atoms with Crippen molar-refractivity contribution in [3.63, 3.8) is 0 Å². The zero-order chi connectivity index (χ0) is 22.5. The second-order valence-electron chi connectivity index (χ2n) is 8.12. The average Bonchev–Trinajstić information content (AvgIpc) is 3.27. The Morgan fingerprint density at radius 2 is 1.45 bits per heavy atom. The zero-order valence-electron chi connectivity index (χ0n) is 18.9. The van der Waals surface area contributed by atoms with Crippen LogP contribution >= 0.6 is 0 Å². The molecule has 0 atom stereocenters. The third-order valence-corrected chi connectivity index (χ3v) is 5.95. The first-order valence-corrected chi connectivity index (χ1v) is 11.4. The molecule has 0 unspecified atom stereocenters. The summed E-state index contributed by atoms with van der Waals surface area (Å²) in [4.78, 5) is 2.37. The Bertz CT molecular complexity index is 1180. The molecule has 168 valence electrons. The normalized spacial score (nSPS) is 14.3. The highest BCUT2D eigenvalue weighted by Gasteiger charge is 2.17. The standard InChI is InChI=1S/C27H28N4O2/c1-21-28-29-27(24-13-11-23(12-14-24)22-7-3-2-4-8-22)31(21)25-9-5-6-10-26(25)33-20-17-30-15-18-32-19-16-30/h2-14H,15-20H2,1H3. The van der Waals surface area contributed by atoms with Crippen LogP contribution in [0.4, 0.5) is 0 Å². The van der Waals surface area contributed by atoms with Gasteiger partial charge in [0, 0.05) is 25.2 Å². The van der Waals surface area contributed by atoms with Crippen molar-refractivity contribution in [2.75, 3.05) is 39.5 Å². The number of aromatic nitrogens is 3. The van der Waals surface area contributed by atoms with Crippen molar-refractivity contribution >= 4 is 0 Å². The molecule has 1 saturated heterocycles. The largest absolute Gasteiger partial charge is 0.490 e. The second-order valence-corrected chi connectivity index (χ2v) is 8.12. The molecule has 6 heteroatoms. The molecule has 0 saturated carbocycles. The van der Waals surface area contributed by atoms with Crippen LogP contribution in [0.15, 0.2) is 78.9 Å². The molecule has 0 spiro atoms. The predicted molar refractivity (Wildman–Crippen MR) is 130 cm³/mol. The van der Waals surface area contributed by atoms with Gasteiger partial charge in [-0.2, -0.15) is 0 Å². The second kappa shape index (κ2) is 9.98. The van der Waals surface area contributed by atoms with Crippen molar-refractivity contribution in [3.05, 3.63) is 84.7 Å². The van der Waals surface area contributed by atoms with E-state index >= 15 is 0 Å². The highest BCUT2D eigenvalue weighted by atomic mass is 16.5. The molecular formula is C27H28N4O2. The summed E-state index contributed by atoms with van der Waals surface area (Å²) in [6.07, 6.45) is 0. The van der Waals surface area contributed by atoms with E-state index < -0.39 is 0 Å². The predicted octanol–water partition coefficient (Wildman–Crippen LogP) is 4.62. The molecule has 0 N–H and O–H groups in total. The third-order valence-electron chi connectivity index (χ3n) is 5.95. The Kier molecular flexibility index (Phi) is 6.46. The fraction of sp³-hybridized carbons (Fsp3) is 0.259. The van der Waals surface area contributed by atoms with Crippen LogP contribution in [0.1, 0.15) is 5.82 Å². The van der Waals surface area contributed by atoms with Gasteiger partial charge in [0.05, 0.1) is 18.9 Å². The lowest BCUT2D eigenvalue weighted by molar-refractivity contribution is 0.0322. The van der Waals surface area contributed by atoms with E-state index in [0.717, 1.165) is 61.5 Å². The van der Waals surface area contributed by atoms with E-state index in [2.05, 4.69) is 74.3 Å². The van der Waals surface area contributed by atoms with Crippen molar-refractivity contribution in [1.82, 2.24) is 19.7 Å². The smallest absolute Gasteiger partial charge is 0.168 e. The molecule has 2 heterocycles. The summed E-state index contributed by atoms with van der Waals surface area (Å²) < 4.78 is 13.7. The summed E-state index contributed by atoms with van der Waals surface area (Å²) in [7, 11) is 0. The number of benzene rings is 3. The number of ether oxygens (including phenoxy) is 2. The zero-order valence-corrected chi connectivity index (χ0v) is 18.9. The maximum Gasteiger partial charge on any atom is 0.168 e. The van der Waals surface area contributed by atoms with Gasteiger partial charge in [-0.3, -0.25) is 9.47 Å². The SMILES string of the molecule is Cc1nnc(-c2ccc(-c3ccccc3)cc2)n1-c1ccccc1OCCN1CCOCC1. The average molecular weight is 441 g/mol. The van der Waals surface area contributed by atoms with Crippen LogP contribution in [0.5, 0.6) is 5.75 Å². The van der Waals surface area contributed by atoms with Crippen LogP contribution in [0, 0.1) is 6.92 Å². The van der Waals surface area contributed by atoms with Crippen LogP contribution in [0.2, 0.25) is 0 Å². The number of hydrogen-bond acceptors (Lipinski definition) is 5. The highest BCUT2D eigenvalue weighted by molar-refractivity contribution is 5.69. The van der Waals surface area contributed by atoms with E-state index in [9.17, 15) is 0 Å². The lowest BCUT2D eigenvalue weighted by Gasteiger charge is -2.26. The molecule has 1 fully saturated rings. The van der Waals surface area contributed by atoms with Gasteiger partial charge < -0.3 is 9.47 Å². The Hall–Kier alpha value is -3.48. The number of aryl methyl sites for hydroxylation is 1. The van der Waals surface area contributed by atoms with E-state index in [1.165, 1.54) is 11.1 Å². The van der Waals surface area contributed by atoms with Gasteiger partial charge in [-0.15, -0.1) is 10.2 Å². The highest BCUT2D eigenvalue weighted by Crippen LogP contribution is 2.30. The summed E-state index contributed by atoms with van der Waals surface area (Å²) in [5.41, 5.74) is 4.33. The topological polar surface area (TPSA) is 52.4 Å². The first-order chi connectivity index (χ1) is 16.3. The molecule has 4 aromatic rings. The minimum atomic E-state index is 0.624. The third kappa shape index (κ3) is 4.82. The van der Waals surface area contributed by atoms with E-state index in [-0.39, 0.29) is 0 Å². The minimum absolute atomic E-state index is 0.624. The van der Waals surface area contributed by atoms with Crippen molar-refractivity contribution in [2.45, 2.75) is 6.92 Å². The number of morpholine rings is 1. The molecule has 1 aliphatic rings. The molecule has 33 heavy (non-hydrogen) atoms. The summed E-state index contributed by atoms with van der Waals surface area (Å²) in [6.45, 7) is 6.98. The van der Waals surface area contributed by atoms with E-state index in [1.54, 1.807) is 0 Å². The minimum Gasteiger partial charge on any atom is -0.490 e.